The highest BCUT2D eigenvalue weighted by Gasteiger charge is 2.15. The number of amides is 1. The van der Waals surface area contributed by atoms with Crippen molar-refractivity contribution in [2.24, 2.45) is 0 Å². The maximum absolute atomic E-state index is 12.6. The second-order valence-corrected chi connectivity index (χ2v) is 8.60. The summed E-state index contributed by atoms with van der Waals surface area (Å²) in [4.78, 5) is 12.6. The van der Waals surface area contributed by atoms with Crippen LogP contribution in [0, 0.1) is 18.3 Å². The average Bonchev–Trinajstić information content (AvgIpc) is 2.76. The second-order valence-electron chi connectivity index (χ2n) is 6.89. The van der Waals surface area contributed by atoms with Gasteiger partial charge < -0.3 is 10.1 Å². The number of aryl methyl sites for hydroxylation is 1. The standard InChI is InChI=1S/C25H20Br2N2O2/c1-16-7-3-6-10-23(16)29-25(30)19(15-28)11-17-12-22(27)20(24(13-17)31-2)14-18-8-4-5-9-21(18)26/h3-13H,14H2,1-2H3,(H,29,30)/b19-11+. The van der Waals surface area contributed by atoms with E-state index in [0.29, 0.717) is 23.4 Å². The first kappa shape index (κ1) is 22.8. The Labute approximate surface area is 198 Å². The Bertz CT molecular complexity index is 1200. The number of hydrogen-bond donors (Lipinski definition) is 1. The Morgan fingerprint density at radius 3 is 2.48 bits per heavy atom. The molecule has 3 aromatic rings. The fourth-order valence-electron chi connectivity index (χ4n) is 3.12. The number of ether oxygens (including phenoxy) is 1. The van der Waals surface area contributed by atoms with E-state index >= 15 is 0 Å². The highest BCUT2D eigenvalue weighted by Crippen LogP contribution is 2.33. The van der Waals surface area contributed by atoms with E-state index in [-0.39, 0.29) is 5.57 Å². The molecule has 0 saturated heterocycles. The van der Waals surface area contributed by atoms with Crippen LogP contribution in [-0.2, 0) is 11.2 Å². The molecule has 0 bridgehead atoms. The van der Waals surface area contributed by atoms with Gasteiger partial charge in [-0.1, -0.05) is 68.3 Å². The van der Waals surface area contributed by atoms with E-state index in [1.165, 1.54) is 0 Å². The van der Waals surface area contributed by atoms with E-state index in [0.717, 1.165) is 25.6 Å². The van der Waals surface area contributed by atoms with Gasteiger partial charge in [-0.15, -0.1) is 0 Å². The number of anilines is 1. The van der Waals surface area contributed by atoms with Gasteiger partial charge in [-0.25, -0.2) is 0 Å². The SMILES string of the molecule is COc1cc(/C=C(\C#N)C(=O)Nc2ccccc2C)cc(Br)c1Cc1ccccc1Br. The molecule has 1 amide bonds. The zero-order valence-electron chi connectivity index (χ0n) is 17.1. The van der Waals surface area contributed by atoms with Crippen molar-refractivity contribution in [1.29, 1.82) is 5.26 Å². The van der Waals surface area contributed by atoms with Crippen molar-refractivity contribution >= 4 is 49.5 Å². The normalized spacial score (nSPS) is 11.0. The summed E-state index contributed by atoms with van der Waals surface area (Å²) in [6, 6.07) is 21.2. The molecule has 0 aliphatic rings. The van der Waals surface area contributed by atoms with E-state index in [9.17, 15) is 10.1 Å². The number of carbonyl (C=O) groups excluding carboxylic acids is 1. The Morgan fingerprint density at radius 2 is 1.81 bits per heavy atom. The molecule has 4 nitrogen and oxygen atoms in total. The van der Waals surface area contributed by atoms with Crippen molar-refractivity contribution < 1.29 is 9.53 Å². The summed E-state index contributed by atoms with van der Waals surface area (Å²) in [5, 5.41) is 12.4. The third kappa shape index (κ3) is 5.63. The van der Waals surface area contributed by atoms with Gasteiger partial charge in [-0.05, 0) is 54.0 Å². The lowest BCUT2D eigenvalue weighted by atomic mass is 10.0. The topological polar surface area (TPSA) is 62.1 Å². The maximum Gasteiger partial charge on any atom is 0.266 e. The van der Waals surface area contributed by atoms with Gasteiger partial charge in [0.25, 0.3) is 5.91 Å². The summed E-state index contributed by atoms with van der Waals surface area (Å²) in [6.45, 7) is 1.90. The van der Waals surface area contributed by atoms with Crippen LogP contribution >= 0.6 is 31.9 Å². The van der Waals surface area contributed by atoms with Gasteiger partial charge in [0.05, 0.1) is 7.11 Å². The summed E-state index contributed by atoms with van der Waals surface area (Å²) in [5.74, 6) is 0.220. The van der Waals surface area contributed by atoms with Crippen LogP contribution in [0.15, 0.2) is 75.2 Å². The molecule has 0 aliphatic heterocycles. The monoisotopic (exact) mass is 538 g/mol. The van der Waals surface area contributed by atoms with Crippen LogP contribution in [0.2, 0.25) is 0 Å². The summed E-state index contributed by atoms with van der Waals surface area (Å²) < 4.78 is 7.47. The molecule has 156 valence electrons. The van der Waals surface area contributed by atoms with Crippen LogP contribution in [0.25, 0.3) is 6.08 Å². The average molecular weight is 540 g/mol. The number of rotatable bonds is 6. The van der Waals surface area contributed by atoms with E-state index < -0.39 is 5.91 Å². The molecule has 3 aromatic carbocycles. The zero-order valence-corrected chi connectivity index (χ0v) is 20.2. The van der Waals surface area contributed by atoms with E-state index in [2.05, 4.69) is 37.2 Å². The maximum atomic E-state index is 12.6. The summed E-state index contributed by atoms with van der Waals surface area (Å²) >= 11 is 7.21. The molecule has 0 saturated carbocycles. The minimum absolute atomic E-state index is 0.00996. The lowest BCUT2D eigenvalue weighted by Gasteiger charge is -2.13. The molecule has 0 fully saturated rings. The quantitative estimate of drug-likeness (QED) is 0.281. The minimum Gasteiger partial charge on any atom is -0.496 e. The van der Waals surface area contributed by atoms with Crippen LogP contribution in [0.4, 0.5) is 5.69 Å². The van der Waals surface area contributed by atoms with Crippen molar-refractivity contribution in [3.05, 3.63) is 97.4 Å². The molecule has 3 rings (SSSR count). The smallest absolute Gasteiger partial charge is 0.266 e. The van der Waals surface area contributed by atoms with E-state index in [4.69, 9.17) is 4.74 Å². The molecule has 0 aromatic heterocycles. The number of nitrogens with zero attached hydrogens (tertiary/aromatic N) is 1. The Hall–Kier alpha value is -2.88. The highest BCUT2D eigenvalue weighted by molar-refractivity contribution is 9.10. The highest BCUT2D eigenvalue weighted by atomic mass is 79.9. The predicted molar refractivity (Wildman–Crippen MR) is 131 cm³/mol. The Balaban J connectivity index is 1.91. The lowest BCUT2D eigenvalue weighted by molar-refractivity contribution is -0.112. The minimum atomic E-state index is -0.454. The van der Waals surface area contributed by atoms with Crippen LogP contribution < -0.4 is 10.1 Å². The van der Waals surface area contributed by atoms with Gasteiger partial charge in [0, 0.05) is 26.6 Å². The molecule has 0 heterocycles. The fraction of sp³-hybridized carbons (Fsp3) is 0.120. The van der Waals surface area contributed by atoms with Crippen LogP contribution in [0.5, 0.6) is 5.75 Å². The fourth-order valence-corrected chi connectivity index (χ4v) is 4.14. The van der Waals surface area contributed by atoms with Crippen LogP contribution in [-0.4, -0.2) is 13.0 Å². The van der Waals surface area contributed by atoms with Gasteiger partial charge in [-0.2, -0.15) is 5.26 Å². The number of nitrogens with one attached hydrogen (secondary N) is 1. The number of carbonyl (C=O) groups is 1. The zero-order chi connectivity index (χ0) is 22.4. The summed E-state index contributed by atoms with van der Waals surface area (Å²) in [6.07, 6.45) is 2.22. The summed E-state index contributed by atoms with van der Waals surface area (Å²) in [7, 11) is 1.61. The van der Waals surface area contributed by atoms with E-state index in [1.807, 2.05) is 67.6 Å². The van der Waals surface area contributed by atoms with Gasteiger partial charge in [0.1, 0.15) is 17.4 Å². The number of nitriles is 1. The lowest BCUT2D eigenvalue weighted by Crippen LogP contribution is -2.14. The Morgan fingerprint density at radius 1 is 1.10 bits per heavy atom. The van der Waals surface area contributed by atoms with Gasteiger partial charge in [0.15, 0.2) is 0 Å². The molecule has 0 radical (unpaired) electrons. The van der Waals surface area contributed by atoms with Crippen molar-refractivity contribution in [3.8, 4) is 11.8 Å². The molecule has 0 unspecified atom stereocenters. The molecule has 31 heavy (non-hydrogen) atoms. The van der Waals surface area contributed by atoms with Crippen LogP contribution in [0.1, 0.15) is 22.3 Å². The number of halogens is 2. The first-order chi connectivity index (χ1) is 14.9. The number of methoxy groups -OCH3 is 1. The second kappa shape index (κ2) is 10.4. The molecular formula is C25H20Br2N2O2. The predicted octanol–water partition coefficient (Wildman–Crippen LogP) is 6.67. The molecular weight excluding hydrogens is 520 g/mol. The van der Waals surface area contributed by atoms with Gasteiger partial charge in [-0.3, -0.25) is 4.79 Å². The Kier molecular flexibility index (Phi) is 7.67. The number of benzene rings is 3. The number of hydrogen-bond acceptors (Lipinski definition) is 3. The van der Waals surface area contributed by atoms with Gasteiger partial charge >= 0.3 is 0 Å². The molecule has 0 atom stereocenters. The summed E-state index contributed by atoms with van der Waals surface area (Å²) in [5.41, 5.74) is 4.41. The third-order valence-corrected chi connectivity index (χ3v) is 6.27. The van der Waals surface area contributed by atoms with Crippen molar-refractivity contribution in [2.45, 2.75) is 13.3 Å². The number of para-hydroxylation sites is 1. The molecule has 0 aliphatic carbocycles. The molecule has 1 N–H and O–H groups in total. The van der Waals surface area contributed by atoms with Crippen molar-refractivity contribution in [1.82, 2.24) is 0 Å². The van der Waals surface area contributed by atoms with Gasteiger partial charge in [0.2, 0.25) is 0 Å². The first-order valence-corrected chi connectivity index (χ1v) is 11.1. The van der Waals surface area contributed by atoms with Crippen molar-refractivity contribution in [2.75, 3.05) is 12.4 Å². The molecule has 0 spiro atoms. The first-order valence-electron chi connectivity index (χ1n) is 9.51. The van der Waals surface area contributed by atoms with Crippen molar-refractivity contribution in [3.63, 3.8) is 0 Å². The van der Waals surface area contributed by atoms with E-state index in [1.54, 1.807) is 19.3 Å². The largest absolute Gasteiger partial charge is 0.496 e. The van der Waals surface area contributed by atoms with Crippen LogP contribution in [0.3, 0.4) is 0 Å². The third-order valence-electron chi connectivity index (χ3n) is 4.79. The molecule has 6 heteroatoms.